The number of benzene rings is 3. The monoisotopic (exact) mass is 447 g/mol. The lowest BCUT2D eigenvalue weighted by atomic mass is 10.1. The Balaban J connectivity index is 1.29. The highest BCUT2D eigenvalue weighted by Crippen LogP contribution is 2.44. The van der Waals surface area contributed by atoms with Crippen LogP contribution in [0.4, 0.5) is 0 Å². The molecule has 1 aliphatic rings. The lowest BCUT2D eigenvalue weighted by Crippen LogP contribution is -2.25. The molecule has 164 valence electrons. The van der Waals surface area contributed by atoms with E-state index < -0.39 is 0 Å². The zero-order valence-electron chi connectivity index (χ0n) is 17.7. The maximum atomic E-state index is 10.4. The Morgan fingerprint density at radius 2 is 1.59 bits per heavy atom. The predicted molar refractivity (Wildman–Crippen MR) is 128 cm³/mol. The van der Waals surface area contributed by atoms with Gasteiger partial charge < -0.3 is 19.7 Å². The lowest BCUT2D eigenvalue weighted by molar-refractivity contribution is 0.237. The van der Waals surface area contributed by atoms with E-state index >= 15 is 0 Å². The molecule has 2 N–H and O–H groups in total. The number of rotatable bonds is 7. The molecule has 1 aliphatic heterocycles. The molecule has 6 heteroatoms. The maximum absolute atomic E-state index is 10.4. The fourth-order valence-corrected chi connectivity index (χ4v) is 5.07. The number of phenols is 2. The fraction of sp³-hybridized carbons (Fsp3) is 0.231. The molecule has 0 atom stereocenters. The van der Waals surface area contributed by atoms with Gasteiger partial charge in [0.05, 0.1) is 0 Å². The van der Waals surface area contributed by atoms with E-state index in [2.05, 4.69) is 4.90 Å². The molecular formula is C26H25NO4S. The van der Waals surface area contributed by atoms with E-state index in [0.29, 0.717) is 17.9 Å². The van der Waals surface area contributed by atoms with E-state index in [-0.39, 0.29) is 17.2 Å². The van der Waals surface area contributed by atoms with E-state index in [0.717, 1.165) is 40.3 Å². The van der Waals surface area contributed by atoms with Crippen LogP contribution < -0.4 is 9.47 Å². The van der Waals surface area contributed by atoms with Crippen molar-refractivity contribution in [3.8, 4) is 39.2 Å². The molecule has 4 aromatic rings. The van der Waals surface area contributed by atoms with Crippen molar-refractivity contribution in [3.63, 3.8) is 0 Å². The topological polar surface area (TPSA) is 62.2 Å². The van der Waals surface area contributed by atoms with Gasteiger partial charge >= 0.3 is 0 Å². The first kappa shape index (κ1) is 20.7. The molecule has 0 spiro atoms. The number of likely N-dealkylation sites (tertiary alicyclic amines) is 1. The molecule has 0 amide bonds. The molecule has 32 heavy (non-hydrogen) atoms. The third-order valence-electron chi connectivity index (χ3n) is 5.69. The molecule has 0 radical (unpaired) electrons. The van der Waals surface area contributed by atoms with Crippen LogP contribution in [0.15, 0.2) is 66.7 Å². The van der Waals surface area contributed by atoms with E-state index in [1.807, 2.05) is 54.6 Å². The van der Waals surface area contributed by atoms with Crippen LogP contribution in [0.1, 0.15) is 12.8 Å². The van der Waals surface area contributed by atoms with Gasteiger partial charge in [-0.05, 0) is 73.8 Å². The molecule has 5 nitrogen and oxygen atoms in total. The lowest BCUT2D eigenvalue weighted by Gasteiger charge is -2.15. The van der Waals surface area contributed by atoms with Crippen LogP contribution in [-0.2, 0) is 0 Å². The van der Waals surface area contributed by atoms with Crippen LogP contribution in [0.3, 0.4) is 0 Å². The second kappa shape index (κ2) is 9.10. The Morgan fingerprint density at radius 3 is 2.38 bits per heavy atom. The average molecular weight is 448 g/mol. The number of aromatic hydroxyl groups is 2. The van der Waals surface area contributed by atoms with Gasteiger partial charge in [0.25, 0.3) is 0 Å². The van der Waals surface area contributed by atoms with E-state index in [4.69, 9.17) is 9.47 Å². The van der Waals surface area contributed by atoms with E-state index in [1.54, 1.807) is 17.4 Å². The minimum absolute atomic E-state index is 0.0168. The van der Waals surface area contributed by atoms with E-state index in [1.165, 1.54) is 18.9 Å². The highest BCUT2D eigenvalue weighted by Gasteiger charge is 2.15. The zero-order chi connectivity index (χ0) is 21.9. The van der Waals surface area contributed by atoms with Gasteiger partial charge in [0.2, 0.25) is 0 Å². The van der Waals surface area contributed by atoms with Gasteiger partial charge in [0.15, 0.2) is 11.5 Å². The standard InChI is InChI=1S/C26H25NO4S/c28-22-17-23(29)24(16-21(22)26-15-18-5-1-2-6-25(18)32-26)31-20-9-7-19(8-10-20)30-14-13-27-11-3-4-12-27/h1-2,5-10,15-17,28-29H,3-4,11-14H2. The van der Waals surface area contributed by atoms with Gasteiger partial charge in [-0.3, -0.25) is 4.90 Å². The number of hydrogen-bond acceptors (Lipinski definition) is 6. The van der Waals surface area contributed by atoms with Crippen LogP contribution in [0.5, 0.6) is 28.7 Å². The number of nitrogens with zero attached hydrogens (tertiary/aromatic N) is 1. The molecule has 1 fully saturated rings. The summed E-state index contributed by atoms with van der Waals surface area (Å²) >= 11 is 1.59. The predicted octanol–water partition coefficient (Wildman–Crippen LogP) is 6.25. The van der Waals surface area contributed by atoms with Crippen molar-refractivity contribution < 1.29 is 19.7 Å². The molecule has 0 unspecified atom stereocenters. The summed E-state index contributed by atoms with van der Waals surface area (Å²) in [6.07, 6.45) is 2.56. The fourth-order valence-electron chi connectivity index (χ4n) is 3.98. The summed E-state index contributed by atoms with van der Waals surface area (Å²) in [5, 5.41) is 21.9. The van der Waals surface area contributed by atoms with Crippen molar-refractivity contribution in [2.75, 3.05) is 26.2 Å². The average Bonchev–Trinajstić information content (AvgIpc) is 3.46. The molecule has 0 bridgehead atoms. The van der Waals surface area contributed by atoms with Crippen LogP contribution in [0.25, 0.3) is 20.5 Å². The number of phenolic OH excluding ortho intramolecular Hbond substituents is 2. The second-order valence-corrected chi connectivity index (χ2v) is 9.04. The molecule has 5 rings (SSSR count). The van der Waals surface area contributed by atoms with Gasteiger partial charge in [0, 0.05) is 27.8 Å². The van der Waals surface area contributed by atoms with Crippen LogP contribution in [0, 0.1) is 0 Å². The number of fused-ring (bicyclic) bond motifs is 1. The molecule has 1 aromatic heterocycles. The van der Waals surface area contributed by atoms with Crippen molar-refractivity contribution in [1.82, 2.24) is 4.90 Å². The highest BCUT2D eigenvalue weighted by atomic mass is 32.1. The molecule has 0 saturated carbocycles. The summed E-state index contributed by atoms with van der Waals surface area (Å²) in [7, 11) is 0. The van der Waals surface area contributed by atoms with Crippen molar-refractivity contribution in [2.24, 2.45) is 0 Å². The zero-order valence-corrected chi connectivity index (χ0v) is 18.5. The summed E-state index contributed by atoms with van der Waals surface area (Å²) in [6, 6.07) is 20.5. The molecular weight excluding hydrogens is 422 g/mol. The van der Waals surface area contributed by atoms with Gasteiger partial charge in [0.1, 0.15) is 23.9 Å². The Labute approximate surface area is 191 Å². The van der Waals surface area contributed by atoms with Gasteiger partial charge in [-0.15, -0.1) is 11.3 Å². The van der Waals surface area contributed by atoms with E-state index in [9.17, 15) is 10.2 Å². The Bertz CT molecular complexity index is 1180. The minimum Gasteiger partial charge on any atom is -0.507 e. The third-order valence-corrected chi connectivity index (χ3v) is 6.84. The first-order valence-electron chi connectivity index (χ1n) is 10.8. The first-order chi connectivity index (χ1) is 15.7. The summed E-state index contributed by atoms with van der Waals surface area (Å²) in [4.78, 5) is 3.33. The Kier molecular flexibility index (Phi) is 5.88. The molecule has 0 aliphatic carbocycles. The first-order valence-corrected chi connectivity index (χ1v) is 11.7. The normalized spacial score (nSPS) is 14.1. The number of thiophene rings is 1. The quantitative estimate of drug-likeness (QED) is 0.351. The van der Waals surface area contributed by atoms with Crippen LogP contribution in [-0.4, -0.2) is 41.4 Å². The SMILES string of the molecule is Oc1cc(O)c(-c2cc3ccccc3s2)cc1Oc1ccc(OCCN2CCCC2)cc1. The molecule has 3 aromatic carbocycles. The highest BCUT2D eigenvalue weighted by molar-refractivity contribution is 7.22. The third kappa shape index (κ3) is 4.52. The summed E-state index contributed by atoms with van der Waals surface area (Å²) in [6.45, 7) is 3.93. The summed E-state index contributed by atoms with van der Waals surface area (Å²) < 4.78 is 12.9. The van der Waals surface area contributed by atoms with Gasteiger partial charge in [-0.1, -0.05) is 18.2 Å². The Hall–Kier alpha value is -3.22. The minimum atomic E-state index is -0.113. The summed E-state index contributed by atoms with van der Waals surface area (Å²) in [5.74, 6) is 1.57. The molecule has 1 saturated heterocycles. The largest absolute Gasteiger partial charge is 0.507 e. The van der Waals surface area contributed by atoms with Crippen molar-refractivity contribution in [2.45, 2.75) is 12.8 Å². The van der Waals surface area contributed by atoms with Crippen LogP contribution >= 0.6 is 11.3 Å². The van der Waals surface area contributed by atoms with Crippen molar-refractivity contribution in [1.29, 1.82) is 0 Å². The smallest absolute Gasteiger partial charge is 0.169 e. The van der Waals surface area contributed by atoms with Crippen molar-refractivity contribution >= 4 is 21.4 Å². The number of hydrogen-bond donors (Lipinski definition) is 2. The summed E-state index contributed by atoms with van der Waals surface area (Å²) in [5.41, 5.74) is 0.626. The van der Waals surface area contributed by atoms with Gasteiger partial charge in [-0.2, -0.15) is 0 Å². The molecule has 2 heterocycles. The number of ether oxygens (including phenoxy) is 2. The van der Waals surface area contributed by atoms with Crippen molar-refractivity contribution in [3.05, 3.63) is 66.7 Å². The Morgan fingerprint density at radius 1 is 0.844 bits per heavy atom. The van der Waals surface area contributed by atoms with Gasteiger partial charge in [-0.25, -0.2) is 0 Å². The van der Waals surface area contributed by atoms with Crippen LogP contribution in [0.2, 0.25) is 0 Å². The maximum Gasteiger partial charge on any atom is 0.169 e. The second-order valence-electron chi connectivity index (χ2n) is 7.96.